The predicted molar refractivity (Wildman–Crippen MR) is 72.1 cm³/mol. The fourth-order valence-corrected chi connectivity index (χ4v) is 1.55. The number of methoxy groups -OCH3 is 1. The molecule has 108 valence electrons. The van der Waals surface area contributed by atoms with Crippen LogP contribution < -0.4 is 15.6 Å². The van der Waals surface area contributed by atoms with Crippen LogP contribution in [0.3, 0.4) is 0 Å². The second-order valence-electron chi connectivity index (χ2n) is 3.97. The van der Waals surface area contributed by atoms with Crippen LogP contribution in [0.25, 0.3) is 0 Å². The highest BCUT2D eigenvalue weighted by atomic mass is 19.1. The Bertz CT molecular complexity index is 662. The molecule has 0 aliphatic carbocycles. The van der Waals surface area contributed by atoms with Crippen molar-refractivity contribution < 1.29 is 18.7 Å². The van der Waals surface area contributed by atoms with Crippen molar-refractivity contribution in [3.8, 4) is 5.75 Å². The third kappa shape index (κ3) is 3.53. The summed E-state index contributed by atoms with van der Waals surface area (Å²) in [5.41, 5.74) is 4.57. The lowest BCUT2D eigenvalue weighted by Gasteiger charge is -2.08. The topological polar surface area (TPSA) is 80.3 Å². The average Bonchev–Trinajstić information content (AvgIpc) is 2.53. The van der Waals surface area contributed by atoms with Crippen molar-refractivity contribution in [2.24, 2.45) is 0 Å². The van der Waals surface area contributed by atoms with Gasteiger partial charge in [0.1, 0.15) is 5.69 Å². The summed E-state index contributed by atoms with van der Waals surface area (Å²) in [5.74, 6) is -1.86. The second kappa shape index (κ2) is 6.47. The molecule has 2 N–H and O–H groups in total. The maximum Gasteiger partial charge on any atom is 0.288 e. The lowest BCUT2D eigenvalue weighted by atomic mass is 10.2. The number of ether oxygens (including phenoxy) is 1. The van der Waals surface area contributed by atoms with E-state index in [1.165, 1.54) is 31.5 Å². The first-order chi connectivity index (χ1) is 10.1. The number of hydrazine groups is 1. The summed E-state index contributed by atoms with van der Waals surface area (Å²) in [6.07, 6.45) is 1.45. The van der Waals surface area contributed by atoms with Crippen molar-refractivity contribution in [3.05, 3.63) is 59.7 Å². The van der Waals surface area contributed by atoms with E-state index in [2.05, 4.69) is 15.8 Å². The molecule has 0 radical (unpaired) electrons. The predicted octanol–water partition coefficient (Wildman–Crippen LogP) is 1.30. The van der Waals surface area contributed by atoms with Crippen molar-refractivity contribution in [1.82, 2.24) is 15.8 Å². The molecule has 0 aliphatic rings. The number of halogens is 1. The number of benzene rings is 1. The van der Waals surface area contributed by atoms with Gasteiger partial charge in [0.15, 0.2) is 11.6 Å². The highest BCUT2D eigenvalue weighted by Crippen LogP contribution is 2.17. The number of nitrogens with one attached hydrogen (secondary N) is 2. The second-order valence-corrected chi connectivity index (χ2v) is 3.97. The molecule has 0 saturated carbocycles. The largest absolute Gasteiger partial charge is 0.494 e. The summed E-state index contributed by atoms with van der Waals surface area (Å²) in [6, 6.07) is 8.52. The van der Waals surface area contributed by atoms with E-state index in [1.807, 2.05) is 0 Å². The summed E-state index contributed by atoms with van der Waals surface area (Å²) in [4.78, 5) is 27.3. The summed E-state index contributed by atoms with van der Waals surface area (Å²) in [5, 5.41) is 0. The molecule has 0 saturated heterocycles. The molecule has 21 heavy (non-hydrogen) atoms. The summed E-state index contributed by atoms with van der Waals surface area (Å²) < 4.78 is 18.2. The van der Waals surface area contributed by atoms with Gasteiger partial charge < -0.3 is 4.74 Å². The molecule has 0 bridgehead atoms. The quantitative estimate of drug-likeness (QED) is 0.835. The minimum absolute atomic E-state index is 0.0315. The van der Waals surface area contributed by atoms with Crippen molar-refractivity contribution >= 4 is 11.8 Å². The van der Waals surface area contributed by atoms with Crippen LogP contribution in [-0.2, 0) is 0 Å². The molecule has 6 nitrogen and oxygen atoms in total. The maximum absolute atomic E-state index is 13.5. The van der Waals surface area contributed by atoms with Crippen molar-refractivity contribution in [3.63, 3.8) is 0 Å². The van der Waals surface area contributed by atoms with E-state index < -0.39 is 17.6 Å². The highest BCUT2D eigenvalue weighted by molar-refractivity contribution is 5.98. The Hall–Kier alpha value is -2.96. The molecule has 1 aromatic carbocycles. The SMILES string of the molecule is COc1ccc(C(=O)NNC(=O)c2ccccn2)cc1F. The Balaban J connectivity index is 1.99. The van der Waals surface area contributed by atoms with Crippen LogP contribution in [0.5, 0.6) is 5.75 Å². The molecule has 0 spiro atoms. The van der Waals surface area contributed by atoms with Crippen LogP contribution in [-0.4, -0.2) is 23.9 Å². The van der Waals surface area contributed by atoms with Gasteiger partial charge >= 0.3 is 0 Å². The van der Waals surface area contributed by atoms with E-state index in [1.54, 1.807) is 12.1 Å². The number of nitrogens with zero attached hydrogens (tertiary/aromatic N) is 1. The lowest BCUT2D eigenvalue weighted by Crippen LogP contribution is -2.41. The van der Waals surface area contributed by atoms with Crippen LogP contribution >= 0.6 is 0 Å². The third-order valence-corrected chi connectivity index (χ3v) is 2.60. The number of hydrogen-bond donors (Lipinski definition) is 2. The first-order valence-electron chi connectivity index (χ1n) is 5.97. The minimum atomic E-state index is -0.666. The van der Waals surface area contributed by atoms with E-state index >= 15 is 0 Å². The molecule has 1 aromatic heterocycles. The summed E-state index contributed by atoms with van der Waals surface area (Å²) in [6.45, 7) is 0. The number of carbonyl (C=O) groups is 2. The molecule has 2 rings (SSSR count). The monoisotopic (exact) mass is 289 g/mol. The van der Waals surface area contributed by atoms with Crippen LogP contribution in [0.4, 0.5) is 4.39 Å². The van der Waals surface area contributed by atoms with Gasteiger partial charge in [-0.15, -0.1) is 0 Å². The van der Waals surface area contributed by atoms with Gasteiger partial charge in [0, 0.05) is 11.8 Å². The van der Waals surface area contributed by atoms with Gasteiger partial charge in [-0.3, -0.25) is 25.4 Å². The zero-order chi connectivity index (χ0) is 15.2. The molecule has 0 aliphatic heterocycles. The number of rotatable bonds is 3. The molecule has 2 aromatic rings. The van der Waals surface area contributed by atoms with Gasteiger partial charge in [-0.05, 0) is 30.3 Å². The number of hydrogen-bond acceptors (Lipinski definition) is 4. The van der Waals surface area contributed by atoms with Crippen LogP contribution in [0, 0.1) is 5.82 Å². The molecule has 7 heteroatoms. The number of aromatic nitrogens is 1. The molecule has 1 heterocycles. The van der Waals surface area contributed by atoms with Crippen LogP contribution in [0.1, 0.15) is 20.8 Å². The van der Waals surface area contributed by atoms with E-state index in [-0.39, 0.29) is 17.0 Å². The van der Waals surface area contributed by atoms with Crippen molar-refractivity contribution in [1.29, 1.82) is 0 Å². The van der Waals surface area contributed by atoms with Gasteiger partial charge in [-0.25, -0.2) is 4.39 Å². The summed E-state index contributed by atoms with van der Waals surface area (Å²) in [7, 11) is 1.32. The standard InChI is InChI=1S/C14H12FN3O3/c1-21-12-6-5-9(8-10(12)15)13(19)17-18-14(20)11-4-2-3-7-16-11/h2-8H,1H3,(H,17,19)(H,18,20). The lowest BCUT2D eigenvalue weighted by molar-refractivity contribution is 0.0843. The van der Waals surface area contributed by atoms with E-state index in [0.717, 1.165) is 6.07 Å². The van der Waals surface area contributed by atoms with Crippen LogP contribution in [0.15, 0.2) is 42.6 Å². The number of carbonyl (C=O) groups excluding carboxylic acids is 2. The van der Waals surface area contributed by atoms with Gasteiger partial charge in [0.2, 0.25) is 0 Å². The molecular weight excluding hydrogens is 277 g/mol. The number of pyridine rings is 1. The first-order valence-corrected chi connectivity index (χ1v) is 5.97. The molecule has 2 amide bonds. The molecule has 0 unspecified atom stereocenters. The first kappa shape index (κ1) is 14.4. The normalized spacial score (nSPS) is 9.81. The average molecular weight is 289 g/mol. The van der Waals surface area contributed by atoms with Crippen molar-refractivity contribution in [2.45, 2.75) is 0 Å². The van der Waals surface area contributed by atoms with E-state index in [4.69, 9.17) is 4.74 Å². The highest BCUT2D eigenvalue weighted by Gasteiger charge is 2.12. The van der Waals surface area contributed by atoms with Crippen molar-refractivity contribution in [2.75, 3.05) is 7.11 Å². The zero-order valence-electron chi connectivity index (χ0n) is 11.1. The Morgan fingerprint density at radius 2 is 1.90 bits per heavy atom. The van der Waals surface area contributed by atoms with Gasteiger partial charge in [-0.1, -0.05) is 6.07 Å². The van der Waals surface area contributed by atoms with Gasteiger partial charge in [0.05, 0.1) is 7.11 Å². The molecule has 0 atom stereocenters. The number of amides is 2. The Morgan fingerprint density at radius 3 is 2.52 bits per heavy atom. The van der Waals surface area contributed by atoms with Gasteiger partial charge in [-0.2, -0.15) is 0 Å². The maximum atomic E-state index is 13.5. The molecular formula is C14H12FN3O3. The Kier molecular flexibility index (Phi) is 4.45. The van der Waals surface area contributed by atoms with Gasteiger partial charge in [0.25, 0.3) is 11.8 Å². The smallest absolute Gasteiger partial charge is 0.288 e. The fourth-order valence-electron chi connectivity index (χ4n) is 1.55. The fraction of sp³-hybridized carbons (Fsp3) is 0.0714. The Morgan fingerprint density at radius 1 is 1.14 bits per heavy atom. The minimum Gasteiger partial charge on any atom is -0.494 e. The molecule has 0 fully saturated rings. The Labute approximate surface area is 119 Å². The van der Waals surface area contributed by atoms with Crippen LogP contribution in [0.2, 0.25) is 0 Å². The summed E-state index contributed by atoms with van der Waals surface area (Å²) >= 11 is 0. The van der Waals surface area contributed by atoms with E-state index in [9.17, 15) is 14.0 Å². The third-order valence-electron chi connectivity index (χ3n) is 2.60. The van der Waals surface area contributed by atoms with E-state index in [0.29, 0.717) is 0 Å². The zero-order valence-corrected chi connectivity index (χ0v) is 11.1.